The number of aromatic amines is 1. The third-order valence-corrected chi connectivity index (χ3v) is 7.98. The van der Waals surface area contributed by atoms with Gasteiger partial charge < -0.3 is 0 Å². The Morgan fingerprint density at radius 2 is 2.58 bits per heavy atom. The number of aromatic nitrogens is 3. The van der Waals surface area contributed by atoms with E-state index in [9.17, 15) is 4.79 Å². The normalized spacial score (nSPS) is 28.2. The first-order chi connectivity index (χ1) is 5.77. The molecule has 0 amide bonds. The maximum absolute atomic E-state index is 11.3. The van der Waals surface area contributed by atoms with Crippen LogP contribution in [0.25, 0.3) is 0 Å². The number of nitrogens with one attached hydrogen (secondary N) is 1. The molecule has 5 nitrogen and oxygen atoms in total. The number of rotatable bonds is 0. The summed E-state index contributed by atoms with van der Waals surface area (Å²) in [5, 5.41) is 6.50. The topological polar surface area (TPSA) is 53.9 Å². The van der Waals surface area contributed by atoms with E-state index in [1.165, 1.54) is 8.98 Å². The minimum absolute atomic E-state index is 0.0265. The van der Waals surface area contributed by atoms with E-state index in [0.29, 0.717) is 4.05 Å². The summed E-state index contributed by atoms with van der Waals surface area (Å²) in [6.45, 7) is 0. The molecule has 6 heteroatoms. The average Bonchev–Trinajstić information content (AvgIpc) is 2.68. The molecule has 0 aromatic carbocycles. The van der Waals surface area contributed by atoms with E-state index < -0.39 is 19.8 Å². The molecule has 1 aromatic rings. The molecular weight excluding hydrogens is 271 g/mol. The number of hydrogen-bond acceptors (Lipinski definition) is 3. The first-order valence-corrected chi connectivity index (χ1v) is 8.05. The molecule has 2 aliphatic rings. The molecule has 0 spiro atoms. The molecule has 1 N–H and O–H groups in total. The molecular formula is C6H9IN4O. The zero-order valence-corrected chi connectivity index (χ0v) is 8.78. The van der Waals surface area contributed by atoms with E-state index in [2.05, 4.69) is 15.1 Å². The molecule has 0 saturated carbocycles. The molecule has 0 radical (unpaired) electrons. The van der Waals surface area contributed by atoms with Crippen LogP contribution in [0, 0.1) is 0 Å². The summed E-state index contributed by atoms with van der Waals surface area (Å²) >= 11 is -0.750. The standard InChI is InChI=1S/C6H9IN4O/c1-10-3-7-2-4(7)11-5(10)8-9-6(11)12/h4H,2-3H2,1H3,(H,9,12). The summed E-state index contributed by atoms with van der Waals surface area (Å²) in [5.74, 6) is 0.830. The Bertz CT molecular complexity index is 383. The third-order valence-electron chi connectivity index (χ3n) is 2.22. The van der Waals surface area contributed by atoms with E-state index in [1.807, 2.05) is 11.6 Å². The number of nitrogens with zero attached hydrogens (tertiary/aromatic N) is 3. The predicted octanol–water partition coefficient (Wildman–Crippen LogP) is -0.00270. The average molecular weight is 280 g/mol. The number of anilines is 1. The summed E-state index contributed by atoms with van der Waals surface area (Å²) in [5.41, 5.74) is -0.0265. The Morgan fingerprint density at radius 1 is 1.75 bits per heavy atom. The van der Waals surface area contributed by atoms with Crippen molar-refractivity contribution in [3.8, 4) is 0 Å². The number of alkyl halides is 3. The molecule has 1 fully saturated rings. The van der Waals surface area contributed by atoms with Gasteiger partial charge in [0.2, 0.25) is 0 Å². The van der Waals surface area contributed by atoms with Crippen LogP contribution in [0.5, 0.6) is 0 Å². The van der Waals surface area contributed by atoms with E-state index >= 15 is 0 Å². The van der Waals surface area contributed by atoms with Crippen LogP contribution in [0.15, 0.2) is 4.79 Å². The molecule has 0 aliphatic carbocycles. The fourth-order valence-electron chi connectivity index (χ4n) is 1.57. The van der Waals surface area contributed by atoms with Gasteiger partial charge in [-0.05, 0) is 0 Å². The summed E-state index contributed by atoms with van der Waals surface area (Å²) in [4.78, 5) is 13.4. The van der Waals surface area contributed by atoms with Gasteiger partial charge in [-0.2, -0.15) is 0 Å². The molecule has 1 atom stereocenters. The van der Waals surface area contributed by atoms with Crippen molar-refractivity contribution >= 4 is 25.8 Å². The first-order valence-electron chi connectivity index (χ1n) is 3.75. The molecule has 1 aromatic heterocycles. The molecule has 0 bridgehead atoms. The second-order valence-corrected chi connectivity index (χ2v) is 8.94. The van der Waals surface area contributed by atoms with Gasteiger partial charge in [0.1, 0.15) is 0 Å². The van der Waals surface area contributed by atoms with Gasteiger partial charge in [-0.25, -0.2) is 0 Å². The Kier molecular flexibility index (Phi) is 1.18. The molecule has 3 rings (SSSR count). The maximum atomic E-state index is 11.3. The second kappa shape index (κ2) is 2.04. The number of H-pyrrole nitrogens is 1. The molecule has 1 unspecified atom stereocenters. The van der Waals surface area contributed by atoms with Crippen LogP contribution in [-0.4, -0.2) is 30.8 Å². The zero-order chi connectivity index (χ0) is 8.29. The van der Waals surface area contributed by atoms with Crippen molar-refractivity contribution in [3.05, 3.63) is 10.5 Å². The predicted molar refractivity (Wildman–Crippen MR) is 54.0 cm³/mol. The van der Waals surface area contributed by atoms with Crippen molar-refractivity contribution in [1.82, 2.24) is 14.8 Å². The van der Waals surface area contributed by atoms with Crippen molar-refractivity contribution < 1.29 is 0 Å². The Labute approximate surface area is 76.1 Å². The van der Waals surface area contributed by atoms with Crippen LogP contribution in [0.4, 0.5) is 5.95 Å². The Morgan fingerprint density at radius 3 is 3.42 bits per heavy atom. The number of fused-ring (bicyclic) bond motifs is 3. The van der Waals surface area contributed by atoms with Crippen molar-refractivity contribution in [1.29, 1.82) is 0 Å². The van der Waals surface area contributed by atoms with Gasteiger partial charge in [0.05, 0.1) is 0 Å². The number of hydrogen-bond donors (Lipinski definition) is 1. The molecule has 12 heavy (non-hydrogen) atoms. The SMILES string of the molecule is CN1CI2CC2n2c1n[nH]c2=O. The van der Waals surface area contributed by atoms with Crippen LogP contribution in [0.1, 0.15) is 4.05 Å². The number of halogens is 1. The van der Waals surface area contributed by atoms with E-state index in [4.69, 9.17) is 0 Å². The van der Waals surface area contributed by atoms with Gasteiger partial charge in [-0.1, -0.05) is 0 Å². The summed E-state index contributed by atoms with van der Waals surface area (Å²) < 4.78 is 4.92. The van der Waals surface area contributed by atoms with Gasteiger partial charge in [-0.3, -0.25) is 0 Å². The Hall–Kier alpha value is -0.530. The van der Waals surface area contributed by atoms with Gasteiger partial charge in [0.25, 0.3) is 0 Å². The summed E-state index contributed by atoms with van der Waals surface area (Å²) in [6.07, 6.45) is 0. The van der Waals surface area contributed by atoms with Crippen molar-refractivity contribution in [2.75, 3.05) is 20.9 Å². The van der Waals surface area contributed by atoms with Crippen LogP contribution in [0.3, 0.4) is 0 Å². The molecule has 1 saturated heterocycles. The zero-order valence-electron chi connectivity index (χ0n) is 6.62. The third kappa shape index (κ3) is 0.732. The quantitative estimate of drug-likeness (QED) is 0.413. The van der Waals surface area contributed by atoms with Gasteiger partial charge in [0, 0.05) is 0 Å². The summed E-state index contributed by atoms with van der Waals surface area (Å²) in [6, 6.07) is 0. The van der Waals surface area contributed by atoms with E-state index in [0.717, 1.165) is 5.95 Å². The first kappa shape index (κ1) is 6.93. The minimum atomic E-state index is -0.750. The van der Waals surface area contributed by atoms with Crippen molar-refractivity contribution in [2.45, 2.75) is 4.05 Å². The van der Waals surface area contributed by atoms with Crippen LogP contribution < -0.4 is 10.6 Å². The molecule has 66 valence electrons. The monoisotopic (exact) mass is 280 g/mol. The summed E-state index contributed by atoms with van der Waals surface area (Å²) in [7, 11) is 2.01. The van der Waals surface area contributed by atoms with Crippen molar-refractivity contribution in [2.24, 2.45) is 0 Å². The van der Waals surface area contributed by atoms with Gasteiger partial charge in [0.15, 0.2) is 0 Å². The van der Waals surface area contributed by atoms with Gasteiger partial charge >= 0.3 is 76.0 Å². The van der Waals surface area contributed by atoms with Crippen LogP contribution in [-0.2, 0) is 0 Å². The molecule has 2 aliphatic heterocycles. The fourth-order valence-corrected chi connectivity index (χ4v) is 7.92. The van der Waals surface area contributed by atoms with Crippen molar-refractivity contribution in [3.63, 3.8) is 0 Å². The molecule has 3 heterocycles. The second-order valence-electron chi connectivity index (χ2n) is 3.10. The van der Waals surface area contributed by atoms with Crippen LogP contribution >= 0.6 is 19.8 Å². The van der Waals surface area contributed by atoms with E-state index in [1.54, 1.807) is 0 Å². The fraction of sp³-hybridized carbons (Fsp3) is 0.667. The van der Waals surface area contributed by atoms with E-state index in [-0.39, 0.29) is 5.69 Å². The van der Waals surface area contributed by atoms with Gasteiger partial charge in [-0.15, -0.1) is 0 Å². The Balaban J connectivity index is 2.24. The van der Waals surface area contributed by atoms with Crippen LogP contribution in [0.2, 0.25) is 0 Å².